The monoisotopic (exact) mass is 189 g/mol. The van der Waals surface area contributed by atoms with Crippen LogP contribution < -0.4 is 5.32 Å². The molecule has 1 atom stereocenters. The van der Waals surface area contributed by atoms with E-state index < -0.39 is 0 Å². The van der Waals surface area contributed by atoms with Crippen LogP contribution in [0.15, 0.2) is 43.0 Å². The number of nitrogens with one attached hydrogen (secondary N) is 1. The van der Waals surface area contributed by atoms with E-state index in [1.54, 1.807) is 0 Å². The molecule has 0 saturated heterocycles. The third-order valence-corrected chi connectivity index (χ3v) is 1.96. The summed E-state index contributed by atoms with van der Waals surface area (Å²) in [6, 6.07) is 10.2. The van der Waals surface area contributed by atoms with Gasteiger partial charge < -0.3 is 5.32 Å². The Hall–Kier alpha value is -1.57. The van der Waals surface area contributed by atoms with E-state index >= 15 is 0 Å². The molecule has 2 nitrogen and oxygen atoms in total. The first-order valence-electron chi connectivity index (χ1n) is 4.69. The van der Waals surface area contributed by atoms with Crippen molar-refractivity contribution in [3.8, 4) is 0 Å². The lowest BCUT2D eigenvalue weighted by Gasteiger charge is -2.11. The largest absolute Gasteiger partial charge is 0.350 e. The van der Waals surface area contributed by atoms with Crippen molar-refractivity contribution in [2.45, 2.75) is 19.4 Å². The zero-order valence-electron chi connectivity index (χ0n) is 8.36. The van der Waals surface area contributed by atoms with E-state index in [2.05, 4.69) is 24.0 Å². The van der Waals surface area contributed by atoms with E-state index in [0.29, 0.717) is 0 Å². The van der Waals surface area contributed by atoms with E-state index in [1.807, 2.05) is 25.1 Å². The molecule has 0 fully saturated rings. The molecule has 1 aromatic carbocycles. The lowest BCUT2D eigenvalue weighted by atomic mass is 10.1. The second-order valence-electron chi connectivity index (χ2n) is 3.30. The third kappa shape index (κ3) is 3.44. The normalized spacial score (nSPS) is 11.8. The van der Waals surface area contributed by atoms with Crippen LogP contribution >= 0.6 is 0 Å². The van der Waals surface area contributed by atoms with Crippen LogP contribution in [0.4, 0.5) is 0 Å². The van der Waals surface area contributed by atoms with Gasteiger partial charge in [-0.2, -0.15) is 0 Å². The molecule has 1 aromatic rings. The molecule has 1 unspecified atom stereocenters. The molecule has 0 aliphatic rings. The summed E-state index contributed by atoms with van der Waals surface area (Å²) in [6.45, 7) is 5.39. The number of carbonyl (C=O) groups is 1. The van der Waals surface area contributed by atoms with Crippen molar-refractivity contribution in [1.29, 1.82) is 0 Å². The fraction of sp³-hybridized carbons (Fsp3) is 0.250. The highest BCUT2D eigenvalue weighted by atomic mass is 16.1. The van der Waals surface area contributed by atoms with Gasteiger partial charge in [0, 0.05) is 6.04 Å². The van der Waals surface area contributed by atoms with Crippen molar-refractivity contribution in [2.24, 2.45) is 0 Å². The second-order valence-corrected chi connectivity index (χ2v) is 3.30. The maximum Gasteiger partial charge on any atom is 0.243 e. The minimum atomic E-state index is -0.117. The summed E-state index contributed by atoms with van der Waals surface area (Å²) in [4.78, 5) is 11.0. The topological polar surface area (TPSA) is 29.1 Å². The molecular formula is C12H15NO. The highest BCUT2D eigenvalue weighted by Gasteiger charge is 2.04. The maximum absolute atomic E-state index is 11.0. The van der Waals surface area contributed by atoms with Gasteiger partial charge in [0.1, 0.15) is 0 Å². The van der Waals surface area contributed by atoms with Crippen LogP contribution in [-0.2, 0) is 11.2 Å². The summed E-state index contributed by atoms with van der Waals surface area (Å²) in [5, 5.41) is 2.82. The Labute approximate surface area is 84.6 Å². The molecule has 74 valence electrons. The van der Waals surface area contributed by atoms with Gasteiger partial charge in [-0.25, -0.2) is 0 Å². The predicted octanol–water partition coefficient (Wildman–Crippen LogP) is 1.92. The van der Waals surface area contributed by atoms with Gasteiger partial charge in [-0.3, -0.25) is 4.79 Å². The van der Waals surface area contributed by atoms with Crippen molar-refractivity contribution < 1.29 is 4.79 Å². The van der Waals surface area contributed by atoms with Gasteiger partial charge >= 0.3 is 0 Å². The molecule has 2 heteroatoms. The average molecular weight is 189 g/mol. The first kappa shape index (κ1) is 10.5. The standard InChI is InChI=1S/C12H15NO/c1-3-12(14)13-10(2)9-11-7-5-4-6-8-11/h3-8,10H,1,9H2,2H3,(H,13,14). The van der Waals surface area contributed by atoms with Gasteiger partial charge in [-0.05, 0) is 25.0 Å². The molecule has 0 spiro atoms. The quantitative estimate of drug-likeness (QED) is 0.720. The lowest BCUT2D eigenvalue weighted by molar-refractivity contribution is -0.117. The van der Waals surface area contributed by atoms with E-state index in [1.165, 1.54) is 11.6 Å². The second kappa shape index (κ2) is 5.22. The smallest absolute Gasteiger partial charge is 0.243 e. The minimum absolute atomic E-state index is 0.117. The van der Waals surface area contributed by atoms with Crippen LogP contribution in [0.25, 0.3) is 0 Å². The Morgan fingerprint density at radius 1 is 1.50 bits per heavy atom. The van der Waals surface area contributed by atoms with E-state index in [9.17, 15) is 4.79 Å². The van der Waals surface area contributed by atoms with Gasteiger partial charge in [-0.15, -0.1) is 0 Å². The van der Waals surface area contributed by atoms with Crippen molar-refractivity contribution in [3.63, 3.8) is 0 Å². The van der Waals surface area contributed by atoms with Gasteiger partial charge in [0.2, 0.25) is 5.91 Å². The number of amides is 1. The summed E-state index contributed by atoms with van der Waals surface area (Å²) in [5.74, 6) is -0.117. The summed E-state index contributed by atoms with van der Waals surface area (Å²) < 4.78 is 0. The molecule has 1 N–H and O–H groups in total. The summed E-state index contributed by atoms with van der Waals surface area (Å²) >= 11 is 0. The van der Waals surface area contributed by atoms with Crippen LogP contribution in [0, 0.1) is 0 Å². The fourth-order valence-corrected chi connectivity index (χ4v) is 1.32. The summed E-state index contributed by atoms with van der Waals surface area (Å²) in [6.07, 6.45) is 2.14. The Morgan fingerprint density at radius 3 is 2.71 bits per heavy atom. The lowest BCUT2D eigenvalue weighted by Crippen LogP contribution is -2.32. The SMILES string of the molecule is C=CC(=O)NC(C)Cc1ccccc1. The highest BCUT2D eigenvalue weighted by Crippen LogP contribution is 2.02. The molecule has 1 rings (SSSR count). The third-order valence-electron chi connectivity index (χ3n) is 1.96. The number of benzene rings is 1. The van der Waals surface area contributed by atoms with Crippen LogP contribution in [0.1, 0.15) is 12.5 Å². The number of carbonyl (C=O) groups excluding carboxylic acids is 1. The van der Waals surface area contributed by atoms with Crippen molar-refractivity contribution in [2.75, 3.05) is 0 Å². The van der Waals surface area contributed by atoms with Crippen LogP contribution in [0.5, 0.6) is 0 Å². The van der Waals surface area contributed by atoms with Crippen molar-refractivity contribution >= 4 is 5.91 Å². The van der Waals surface area contributed by atoms with E-state index in [0.717, 1.165) is 6.42 Å². The first-order chi connectivity index (χ1) is 6.72. The first-order valence-corrected chi connectivity index (χ1v) is 4.69. The van der Waals surface area contributed by atoms with Crippen LogP contribution in [0.3, 0.4) is 0 Å². The van der Waals surface area contributed by atoms with Crippen molar-refractivity contribution in [3.05, 3.63) is 48.6 Å². The molecule has 0 aliphatic heterocycles. The van der Waals surface area contributed by atoms with E-state index in [-0.39, 0.29) is 11.9 Å². The predicted molar refractivity (Wildman–Crippen MR) is 57.9 cm³/mol. The van der Waals surface area contributed by atoms with Gasteiger partial charge in [-0.1, -0.05) is 36.9 Å². The molecule has 0 bridgehead atoms. The zero-order chi connectivity index (χ0) is 10.4. The molecule has 0 heterocycles. The maximum atomic E-state index is 11.0. The zero-order valence-corrected chi connectivity index (χ0v) is 8.36. The van der Waals surface area contributed by atoms with E-state index in [4.69, 9.17) is 0 Å². The summed E-state index contributed by atoms with van der Waals surface area (Å²) in [5.41, 5.74) is 1.23. The number of rotatable bonds is 4. The number of hydrogen-bond donors (Lipinski definition) is 1. The minimum Gasteiger partial charge on any atom is -0.350 e. The molecule has 0 aliphatic carbocycles. The fourth-order valence-electron chi connectivity index (χ4n) is 1.32. The van der Waals surface area contributed by atoms with Gasteiger partial charge in [0.05, 0.1) is 0 Å². The average Bonchev–Trinajstić information content (AvgIpc) is 2.19. The highest BCUT2D eigenvalue weighted by molar-refractivity contribution is 5.87. The molecular weight excluding hydrogens is 174 g/mol. The Morgan fingerprint density at radius 2 is 2.14 bits per heavy atom. The molecule has 0 saturated carbocycles. The van der Waals surface area contributed by atoms with Gasteiger partial charge in [0.15, 0.2) is 0 Å². The Bertz CT molecular complexity index is 305. The Balaban J connectivity index is 2.45. The van der Waals surface area contributed by atoms with Gasteiger partial charge in [0.25, 0.3) is 0 Å². The molecule has 1 amide bonds. The van der Waals surface area contributed by atoms with Crippen LogP contribution in [0.2, 0.25) is 0 Å². The molecule has 14 heavy (non-hydrogen) atoms. The Kier molecular flexibility index (Phi) is 3.92. The van der Waals surface area contributed by atoms with Crippen molar-refractivity contribution in [1.82, 2.24) is 5.32 Å². The molecule has 0 radical (unpaired) electrons. The molecule has 0 aromatic heterocycles. The van der Waals surface area contributed by atoms with Crippen LogP contribution in [-0.4, -0.2) is 11.9 Å². The summed E-state index contributed by atoms with van der Waals surface area (Å²) in [7, 11) is 0. The number of hydrogen-bond acceptors (Lipinski definition) is 1.